The van der Waals surface area contributed by atoms with E-state index in [0.29, 0.717) is 32.9 Å². The Morgan fingerprint density at radius 3 is 2.30 bits per heavy atom. The van der Waals surface area contributed by atoms with E-state index in [0.717, 1.165) is 0 Å². The molecule has 2 amide bonds. The molecule has 0 atom stereocenters. The Morgan fingerprint density at radius 1 is 0.867 bits per heavy atom. The zero-order chi connectivity index (χ0) is 22.1. The fourth-order valence-electron chi connectivity index (χ4n) is 2.32. The minimum atomic E-state index is -0.684. The van der Waals surface area contributed by atoms with Crippen LogP contribution in [0.15, 0.2) is 36.4 Å². The van der Waals surface area contributed by atoms with Crippen molar-refractivity contribution in [2.75, 3.05) is 31.5 Å². The normalized spacial score (nSPS) is 10.1. The van der Waals surface area contributed by atoms with Gasteiger partial charge in [0.1, 0.15) is 11.5 Å². The summed E-state index contributed by atoms with van der Waals surface area (Å²) in [4.78, 5) is 35.7. The van der Waals surface area contributed by atoms with Gasteiger partial charge >= 0.3 is 5.97 Å². The zero-order valence-corrected chi connectivity index (χ0v) is 17.8. The molecule has 160 valence electrons. The number of ether oxygens (including phenoxy) is 3. The van der Waals surface area contributed by atoms with E-state index in [9.17, 15) is 14.4 Å². The summed E-state index contributed by atoms with van der Waals surface area (Å²) in [5.41, 5.74) is 0.857. The van der Waals surface area contributed by atoms with Crippen molar-refractivity contribution in [1.82, 2.24) is 0 Å². The van der Waals surface area contributed by atoms with Crippen molar-refractivity contribution in [3.05, 3.63) is 46.4 Å². The first-order chi connectivity index (χ1) is 14.3. The number of esters is 1. The number of carbonyl (C=O) groups excluding carboxylic acids is 3. The lowest BCUT2D eigenvalue weighted by atomic mass is 10.2. The van der Waals surface area contributed by atoms with E-state index < -0.39 is 24.4 Å². The third-order valence-corrected chi connectivity index (χ3v) is 4.55. The number of anilines is 2. The highest BCUT2D eigenvalue weighted by Gasteiger charge is 2.13. The van der Waals surface area contributed by atoms with Crippen LogP contribution in [0.5, 0.6) is 11.5 Å². The SMILES string of the molecule is COc1ccc(NC(=O)COC(=O)CCC(=O)Nc2ccc(Cl)c(Cl)c2)c(OC)c1. The molecule has 0 fully saturated rings. The second-order valence-electron chi connectivity index (χ2n) is 5.95. The number of hydrogen-bond donors (Lipinski definition) is 2. The van der Waals surface area contributed by atoms with Crippen molar-refractivity contribution >= 4 is 52.4 Å². The van der Waals surface area contributed by atoms with E-state index >= 15 is 0 Å². The van der Waals surface area contributed by atoms with E-state index in [2.05, 4.69) is 10.6 Å². The summed E-state index contributed by atoms with van der Waals surface area (Å²) < 4.78 is 15.2. The number of carbonyl (C=O) groups is 3. The summed E-state index contributed by atoms with van der Waals surface area (Å²) in [6.45, 7) is -0.498. The number of hydrogen-bond acceptors (Lipinski definition) is 6. The van der Waals surface area contributed by atoms with E-state index in [1.54, 1.807) is 30.3 Å². The molecule has 0 saturated carbocycles. The third kappa shape index (κ3) is 7.13. The number of nitrogens with one attached hydrogen (secondary N) is 2. The Bertz CT molecular complexity index is 936. The van der Waals surface area contributed by atoms with Crippen LogP contribution in [0.3, 0.4) is 0 Å². The lowest BCUT2D eigenvalue weighted by Crippen LogP contribution is -2.22. The van der Waals surface area contributed by atoms with Gasteiger partial charge in [0, 0.05) is 18.2 Å². The second-order valence-corrected chi connectivity index (χ2v) is 6.77. The molecule has 0 aliphatic heterocycles. The van der Waals surface area contributed by atoms with Crippen molar-refractivity contribution < 1.29 is 28.6 Å². The summed E-state index contributed by atoms with van der Waals surface area (Å²) >= 11 is 11.7. The molecule has 30 heavy (non-hydrogen) atoms. The van der Waals surface area contributed by atoms with Gasteiger partial charge in [-0.05, 0) is 30.3 Å². The van der Waals surface area contributed by atoms with E-state index in [-0.39, 0.29) is 12.8 Å². The molecule has 10 heteroatoms. The molecule has 0 heterocycles. The highest BCUT2D eigenvalue weighted by molar-refractivity contribution is 6.42. The van der Waals surface area contributed by atoms with Crippen LogP contribution < -0.4 is 20.1 Å². The average molecular weight is 455 g/mol. The molecule has 0 bridgehead atoms. The van der Waals surface area contributed by atoms with Gasteiger partial charge in [0.05, 0.1) is 36.4 Å². The van der Waals surface area contributed by atoms with Crippen LogP contribution in [-0.4, -0.2) is 38.6 Å². The van der Waals surface area contributed by atoms with Gasteiger partial charge in [-0.1, -0.05) is 23.2 Å². The maximum atomic E-state index is 12.0. The molecule has 0 spiro atoms. The minimum absolute atomic E-state index is 0.118. The molecule has 8 nitrogen and oxygen atoms in total. The molecule has 2 aromatic carbocycles. The van der Waals surface area contributed by atoms with Gasteiger partial charge in [-0.15, -0.1) is 0 Å². The first kappa shape index (κ1) is 23.3. The van der Waals surface area contributed by atoms with E-state index in [4.69, 9.17) is 37.4 Å². The Morgan fingerprint density at radius 2 is 1.63 bits per heavy atom. The van der Waals surface area contributed by atoms with Gasteiger partial charge < -0.3 is 24.8 Å². The van der Waals surface area contributed by atoms with Crippen molar-refractivity contribution in [3.8, 4) is 11.5 Å². The Hall–Kier alpha value is -2.97. The van der Waals surface area contributed by atoms with Crippen molar-refractivity contribution in [1.29, 1.82) is 0 Å². The molecule has 0 aromatic heterocycles. The monoisotopic (exact) mass is 454 g/mol. The first-order valence-electron chi connectivity index (χ1n) is 8.74. The zero-order valence-electron chi connectivity index (χ0n) is 16.3. The highest BCUT2D eigenvalue weighted by atomic mass is 35.5. The maximum Gasteiger partial charge on any atom is 0.306 e. The number of halogens is 2. The molecule has 0 radical (unpaired) electrons. The maximum absolute atomic E-state index is 12.0. The van der Waals surface area contributed by atoms with Crippen LogP contribution in [0, 0.1) is 0 Å². The Balaban J connectivity index is 1.75. The van der Waals surface area contributed by atoms with Crippen molar-refractivity contribution in [2.24, 2.45) is 0 Å². The second kappa shape index (κ2) is 11.3. The molecule has 2 aromatic rings. The van der Waals surface area contributed by atoms with Gasteiger partial charge in [0.15, 0.2) is 6.61 Å². The van der Waals surface area contributed by atoms with Gasteiger partial charge in [0.2, 0.25) is 5.91 Å². The Kier molecular flexibility index (Phi) is 8.76. The smallest absolute Gasteiger partial charge is 0.306 e. The van der Waals surface area contributed by atoms with Crippen LogP contribution in [0.25, 0.3) is 0 Å². The van der Waals surface area contributed by atoms with Crippen LogP contribution >= 0.6 is 23.2 Å². The molecular formula is C20H20Cl2N2O6. The van der Waals surface area contributed by atoms with Crippen molar-refractivity contribution in [2.45, 2.75) is 12.8 Å². The molecule has 0 aliphatic rings. The Labute approximate surface area is 183 Å². The molecule has 0 unspecified atom stereocenters. The number of rotatable bonds is 9. The van der Waals surface area contributed by atoms with Crippen molar-refractivity contribution in [3.63, 3.8) is 0 Å². The van der Waals surface area contributed by atoms with Gasteiger partial charge in [0.25, 0.3) is 5.91 Å². The predicted octanol–water partition coefficient (Wildman–Crippen LogP) is 3.91. The average Bonchev–Trinajstić information content (AvgIpc) is 2.73. The lowest BCUT2D eigenvalue weighted by Gasteiger charge is -2.12. The minimum Gasteiger partial charge on any atom is -0.497 e. The van der Waals surface area contributed by atoms with Crippen LogP contribution in [0.2, 0.25) is 10.0 Å². The van der Waals surface area contributed by atoms with Crippen LogP contribution in [0.1, 0.15) is 12.8 Å². The van der Waals surface area contributed by atoms with Gasteiger partial charge in [-0.25, -0.2) is 0 Å². The van der Waals surface area contributed by atoms with E-state index in [1.165, 1.54) is 20.3 Å². The fraction of sp³-hybridized carbons (Fsp3) is 0.250. The standard InChI is InChI=1S/C20H20Cl2N2O6/c1-28-13-4-6-16(17(10-13)29-2)24-19(26)11-30-20(27)8-7-18(25)23-12-3-5-14(21)15(22)9-12/h3-6,9-10H,7-8,11H2,1-2H3,(H,23,25)(H,24,26). The van der Waals surface area contributed by atoms with E-state index in [1.807, 2.05) is 0 Å². The number of methoxy groups -OCH3 is 2. The summed E-state index contributed by atoms with van der Waals surface area (Å²) in [5.74, 6) is -0.676. The summed E-state index contributed by atoms with van der Waals surface area (Å²) in [6, 6.07) is 9.49. The summed E-state index contributed by atoms with van der Waals surface area (Å²) in [7, 11) is 2.96. The van der Waals surface area contributed by atoms with Crippen LogP contribution in [-0.2, 0) is 19.1 Å². The number of amides is 2. The molecule has 2 rings (SSSR count). The summed E-state index contributed by atoms with van der Waals surface area (Å²) in [5, 5.41) is 5.83. The molecule has 0 saturated heterocycles. The first-order valence-corrected chi connectivity index (χ1v) is 9.50. The largest absolute Gasteiger partial charge is 0.497 e. The highest BCUT2D eigenvalue weighted by Crippen LogP contribution is 2.29. The van der Waals surface area contributed by atoms with Gasteiger partial charge in [-0.3, -0.25) is 14.4 Å². The molecule has 0 aliphatic carbocycles. The number of benzene rings is 2. The predicted molar refractivity (Wildman–Crippen MR) is 113 cm³/mol. The molecule has 2 N–H and O–H groups in total. The fourth-order valence-corrected chi connectivity index (χ4v) is 2.62. The third-order valence-electron chi connectivity index (χ3n) is 3.81. The quantitative estimate of drug-likeness (QED) is 0.556. The van der Waals surface area contributed by atoms with Gasteiger partial charge in [-0.2, -0.15) is 0 Å². The summed E-state index contributed by atoms with van der Waals surface area (Å²) in [6.07, 6.45) is -0.306. The lowest BCUT2D eigenvalue weighted by molar-refractivity contribution is -0.147. The molecular weight excluding hydrogens is 435 g/mol. The topological polar surface area (TPSA) is 103 Å². The van der Waals surface area contributed by atoms with Crippen LogP contribution in [0.4, 0.5) is 11.4 Å².